The summed E-state index contributed by atoms with van der Waals surface area (Å²) in [7, 11) is 0. The van der Waals surface area contributed by atoms with Gasteiger partial charge in [-0.25, -0.2) is 4.99 Å². The van der Waals surface area contributed by atoms with Gasteiger partial charge in [0.1, 0.15) is 10.8 Å². The lowest BCUT2D eigenvalue weighted by Gasteiger charge is -2.07. The van der Waals surface area contributed by atoms with Crippen molar-refractivity contribution >= 4 is 61.7 Å². The number of amides is 1. The lowest BCUT2D eigenvalue weighted by Crippen LogP contribution is -2.10. The van der Waals surface area contributed by atoms with Gasteiger partial charge < -0.3 is 10.1 Å². The predicted molar refractivity (Wildman–Crippen MR) is 116 cm³/mol. The van der Waals surface area contributed by atoms with Crippen molar-refractivity contribution in [1.82, 2.24) is 0 Å². The van der Waals surface area contributed by atoms with Gasteiger partial charge in [0, 0.05) is 27.0 Å². The van der Waals surface area contributed by atoms with E-state index in [9.17, 15) is 4.79 Å². The van der Waals surface area contributed by atoms with Crippen molar-refractivity contribution in [2.24, 2.45) is 4.99 Å². The number of ether oxygens (including phenoxy) is 1. The Balaban J connectivity index is 1.81. The molecule has 3 rings (SSSR count). The van der Waals surface area contributed by atoms with Crippen LogP contribution in [-0.2, 0) is 0 Å². The quantitative estimate of drug-likeness (QED) is 0.421. The van der Waals surface area contributed by atoms with Crippen molar-refractivity contribution in [3.05, 3.63) is 74.5 Å². The Kier molecular flexibility index (Phi) is 6.66. The molecule has 3 aromatic rings. The Labute approximate surface area is 175 Å². The van der Waals surface area contributed by atoms with Crippen LogP contribution in [0.4, 0.5) is 10.7 Å². The Morgan fingerprint density at radius 1 is 1.26 bits per heavy atom. The third kappa shape index (κ3) is 5.19. The largest absolute Gasteiger partial charge is 0.493 e. The number of hydrogen-bond donors (Lipinski definition) is 1. The second kappa shape index (κ2) is 9.17. The van der Waals surface area contributed by atoms with Gasteiger partial charge in [-0.15, -0.1) is 11.3 Å². The summed E-state index contributed by atoms with van der Waals surface area (Å²) in [6, 6.07) is 14.5. The maximum Gasteiger partial charge on any atom is 0.258 e. The lowest BCUT2D eigenvalue weighted by molar-refractivity contribution is 0.102. The van der Waals surface area contributed by atoms with Gasteiger partial charge >= 0.3 is 0 Å². The number of carbonyl (C=O) groups excluding carboxylic acids is 1. The number of nitrogens with zero attached hydrogens (tertiary/aromatic N) is 1. The van der Waals surface area contributed by atoms with Gasteiger partial charge in [0.2, 0.25) is 0 Å². The SMILES string of the molecule is CCOc1ccc(Br)cc1/C=N/c1sccc1C(=O)Nc1ccc(Cl)cc1. The van der Waals surface area contributed by atoms with Gasteiger partial charge in [-0.2, -0.15) is 0 Å². The molecule has 0 bridgehead atoms. The van der Waals surface area contributed by atoms with Crippen LogP contribution in [0.2, 0.25) is 5.02 Å². The fourth-order valence-electron chi connectivity index (χ4n) is 2.34. The van der Waals surface area contributed by atoms with Crippen LogP contribution in [0.3, 0.4) is 0 Å². The average Bonchev–Trinajstić information content (AvgIpc) is 3.12. The summed E-state index contributed by atoms with van der Waals surface area (Å²) in [6.07, 6.45) is 1.71. The summed E-state index contributed by atoms with van der Waals surface area (Å²) in [4.78, 5) is 17.1. The summed E-state index contributed by atoms with van der Waals surface area (Å²) < 4.78 is 6.56. The van der Waals surface area contributed by atoms with Crippen molar-refractivity contribution < 1.29 is 9.53 Å². The second-order valence-corrected chi connectivity index (χ2v) is 7.72. The first-order valence-corrected chi connectivity index (χ1v) is 10.2. The molecule has 0 aliphatic carbocycles. The zero-order valence-corrected chi connectivity index (χ0v) is 17.6. The highest BCUT2D eigenvalue weighted by Crippen LogP contribution is 2.29. The molecule has 27 heavy (non-hydrogen) atoms. The minimum absolute atomic E-state index is 0.218. The van der Waals surface area contributed by atoms with Gasteiger partial charge in [-0.3, -0.25) is 4.79 Å². The first-order valence-electron chi connectivity index (χ1n) is 8.17. The van der Waals surface area contributed by atoms with Crippen LogP contribution in [0.5, 0.6) is 5.75 Å². The zero-order chi connectivity index (χ0) is 19.2. The molecule has 4 nitrogen and oxygen atoms in total. The van der Waals surface area contributed by atoms with Gasteiger partial charge in [0.15, 0.2) is 0 Å². The third-order valence-corrected chi connectivity index (χ3v) is 5.15. The van der Waals surface area contributed by atoms with Crippen LogP contribution in [0, 0.1) is 0 Å². The van der Waals surface area contributed by atoms with Crippen molar-refractivity contribution in [2.45, 2.75) is 6.92 Å². The van der Waals surface area contributed by atoms with Gasteiger partial charge in [0.25, 0.3) is 5.91 Å². The van der Waals surface area contributed by atoms with E-state index >= 15 is 0 Å². The molecule has 0 saturated carbocycles. The molecule has 1 aromatic heterocycles. The van der Waals surface area contributed by atoms with Gasteiger partial charge in [-0.1, -0.05) is 27.5 Å². The molecular weight excluding hydrogens is 448 g/mol. The highest BCUT2D eigenvalue weighted by Gasteiger charge is 2.13. The van der Waals surface area contributed by atoms with E-state index in [4.69, 9.17) is 16.3 Å². The Morgan fingerprint density at radius 2 is 2.04 bits per heavy atom. The smallest absolute Gasteiger partial charge is 0.258 e. The molecule has 138 valence electrons. The lowest BCUT2D eigenvalue weighted by atomic mass is 10.2. The van der Waals surface area contributed by atoms with E-state index in [1.165, 1.54) is 11.3 Å². The van der Waals surface area contributed by atoms with Crippen LogP contribution in [0.25, 0.3) is 0 Å². The van der Waals surface area contributed by atoms with E-state index in [-0.39, 0.29) is 5.91 Å². The maximum atomic E-state index is 12.6. The number of thiophene rings is 1. The van der Waals surface area contributed by atoms with Gasteiger partial charge in [-0.05, 0) is 60.8 Å². The summed E-state index contributed by atoms with van der Waals surface area (Å²) in [5, 5.41) is 5.94. The number of hydrogen-bond acceptors (Lipinski definition) is 4. The van der Waals surface area contributed by atoms with E-state index in [2.05, 4.69) is 26.2 Å². The molecule has 1 heterocycles. The molecule has 7 heteroatoms. The topological polar surface area (TPSA) is 50.7 Å². The fourth-order valence-corrected chi connectivity index (χ4v) is 3.58. The standard InChI is InChI=1S/C20H16BrClN2O2S/c1-2-26-18-8-3-14(21)11-13(18)12-23-20-17(9-10-27-20)19(25)24-16-6-4-15(22)5-7-16/h3-12H,2H2,1H3,(H,24,25)/b23-12+. The van der Waals surface area contributed by atoms with E-state index in [1.54, 1.807) is 36.5 Å². The fraction of sp³-hybridized carbons (Fsp3) is 0.100. The van der Waals surface area contributed by atoms with E-state index in [0.29, 0.717) is 27.9 Å². The van der Waals surface area contributed by atoms with E-state index < -0.39 is 0 Å². The van der Waals surface area contributed by atoms with Gasteiger partial charge in [0.05, 0.1) is 12.2 Å². The van der Waals surface area contributed by atoms with Crippen molar-refractivity contribution in [3.8, 4) is 5.75 Å². The van der Waals surface area contributed by atoms with Crippen molar-refractivity contribution in [3.63, 3.8) is 0 Å². The highest BCUT2D eigenvalue weighted by atomic mass is 79.9. The molecule has 0 aliphatic heterocycles. The van der Waals surface area contributed by atoms with Crippen LogP contribution in [-0.4, -0.2) is 18.7 Å². The van der Waals surface area contributed by atoms with Crippen LogP contribution < -0.4 is 10.1 Å². The molecule has 1 N–H and O–H groups in total. The summed E-state index contributed by atoms with van der Waals surface area (Å²) in [6.45, 7) is 2.50. The predicted octanol–water partition coefficient (Wildman–Crippen LogP) is 6.57. The maximum absolute atomic E-state index is 12.6. The summed E-state index contributed by atoms with van der Waals surface area (Å²) >= 11 is 10.7. The third-order valence-electron chi connectivity index (χ3n) is 3.58. The molecule has 0 atom stereocenters. The first kappa shape index (κ1) is 19.6. The van der Waals surface area contributed by atoms with Crippen LogP contribution >= 0.6 is 38.9 Å². The number of anilines is 1. The minimum Gasteiger partial charge on any atom is -0.493 e. The minimum atomic E-state index is -0.218. The summed E-state index contributed by atoms with van der Waals surface area (Å²) in [5.74, 6) is 0.526. The Morgan fingerprint density at radius 3 is 2.78 bits per heavy atom. The Hall–Kier alpha value is -2.15. The molecule has 0 saturated heterocycles. The normalized spacial score (nSPS) is 10.9. The highest BCUT2D eigenvalue weighted by molar-refractivity contribution is 9.10. The number of nitrogens with one attached hydrogen (secondary N) is 1. The molecule has 0 fully saturated rings. The number of carbonyl (C=O) groups is 1. The molecule has 0 radical (unpaired) electrons. The van der Waals surface area contributed by atoms with Crippen molar-refractivity contribution in [1.29, 1.82) is 0 Å². The first-order chi connectivity index (χ1) is 13.1. The molecule has 2 aromatic carbocycles. The average molecular weight is 464 g/mol. The van der Waals surface area contributed by atoms with E-state index in [1.807, 2.05) is 30.5 Å². The number of aliphatic imine (C=N–C) groups is 1. The van der Waals surface area contributed by atoms with Crippen molar-refractivity contribution in [2.75, 3.05) is 11.9 Å². The molecular formula is C20H16BrClN2O2S. The Bertz CT molecular complexity index is 970. The molecule has 1 amide bonds. The molecule has 0 aliphatic rings. The number of rotatable bonds is 6. The second-order valence-electron chi connectivity index (χ2n) is 5.47. The molecule has 0 unspecified atom stereocenters. The zero-order valence-electron chi connectivity index (χ0n) is 14.4. The van der Waals surface area contributed by atoms with Crippen LogP contribution in [0.1, 0.15) is 22.8 Å². The number of halogens is 2. The monoisotopic (exact) mass is 462 g/mol. The van der Waals surface area contributed by atoms with Crippen LogP contribution in [0.15, 0.2) is 63.4 Å². The number of benzene rings is 2. The summed E-state index contributed by atoms with van der Waals surface area (Å²) in [5.41, 5.74) is 2.03. The van der Waals surface area contributed by atoms with E-state index in [0.717, 1.165) is 15.8 Å². The molecule has 0 spiro atoms.